The lowest BCUT2D eigenvalue weighted by Crippen LogP contribution is -2.42. The second-order valence-electron chi connectivity index (χ2n) is 5.46. The number of urea groups is 1. The second kappa shape index (κ2) is 6.57. The molecular weight excluding hydrogens is 238 g/mol. The molecule has 0 bridgehead atoms. The zero-order chi connectivity index (χ0) is 13.7. The van der Waals surface area contributed by atoms with Gasteiger partial charge in [-0.15, -0.1) is 0 Å². The number of amides is 2. The van der Waals surface area contributed by atoms with E-state index in [1.807, 2.05) is 31.2 Å². The fourth-order valence-corrected chi connectivity index (χ4v) is 2.37. The Morgan fingerprint density at radius 2 is 2.26 bits per heavy atom. The number of nitrogens with one attached hydrogen (secondary N) is 3. The molecule has 104 valence electrons. The van der Waals surface area contributed by atoms with Gasteiger partial charge in [-0.2, -0.15) is 0 Å². The van der Waals surface area contributed by atoms with Crippen molar-refractivity contribution in [1.82, 2.24) is 10.6 Å². The van der Waals surface area contributed by atoms with Crippen molar-refractivity contribution in [3.8, 4) is 0 Å². The SMILES string of the molecule is Cc1cccc(NC(=O)NCC2CCC(C)NC2)c1. The number of aryl methyl sites for hydroxylation is 1. The molecule has 1 aliphatic heterocycles. The first-order valence-corrected chi connectivity index (χ1v) is 6.98. The molecule has 1 aromatic rings. The maximum absolute atomic E-state index is 11.8. The average Bonchev–Trinajstić information content (AvgIpc) is 2.38. The summed E-state index contributed by atoms with van der Waals surface area (Å²) in [6.45, 7) is 5.94. The Kier molecular flexibility index (Phi) is 4.80. The molecule has 0 aromatic heterocycles. The van der Waals surface area contributed by atoms with Gasteiger partial charge in [-0.25, -0.2) is 4.79 Å². The largest absolute Gasteiger partial charge is 0.338 e. The third-order valence-electron chi connectivity index (χ3n) is 3.59. The molecule has 2 unspecified atom stereocenters. The highest BCUT2D eigenvalue weighted by atomic mass is 16.2. The fourth-order valence-electron chi connectivity index (χ4n) is 2.37. The Labute approximate surface area is 115 Å². The molecule has 1 aromatic carbocycles. The highest BCUT2D eigenvalue weighted by Gasteiger charge is 2.17. The Morgan fingerprint density at radius 3 is 2.95 bits per heavy atom. The molecule has 1 heterocycles. The van der Waals surface area contributed by atoms with Crippen LogP contribution >= 0.6 is 0 Å². The van der Waals surface area contributed by atoms with E-state index in [1.54, 1.807) is 0 Å². The van der Waals surface area contributed by atoms with E-state index in [1.165, 1.54) is 12.8 Å². The van der Waals surface area contributed by atoms with Crippen LogP contribution in [0.5, 0.6) is 0 Å². The van der Waals surface area contributed by atoms with Gasteiger partial charge in [-0.1, -0.05) is 12.1 Å². The van der Waals surface area contributed by atoms with Crippen LogP contribution in [-0.4, -0.2) is 25.2 Å². The molecule has 19 heavy (non-hydrogen) atoms. The van der Waals surface area contributed by atoms with Gasteiger partial charge in [0.05, 0.1) is 0 Å². The summed E-state index contributed by atoms with van der Waals surface area (Å²) >= 11 is 0. The van der Waals surface area contributed by atoms with E-state index >= 15 is 0 Å². The van der Waals surface area contributed by atoms with Gasteiger partial charge in [0, 0.05) is 18.3 Å². The quantitative estimate of drug-likeness (QED) is 0.783. The Morgan fingerprint density at radius 1 is 1.42 bits per heavy atom. The first kappa shape index (κ1) is 13.9. The van der Waals surface area contributed by atoms with Crippen molar-refractivity contribution in [2.45, 2.75) is 32.7 Å². The minimum atomic E-state index is -0.121. The Bertz CT molecular complexity index is 425. The smallest absolute Gasteiger partial charge is 0.319 e. The summed E-state index contributed by atoms with van der Waals surface area (Å²) in [5.41, 5.74) is 1.98. The van der Waals surface area contributed by atoms with Crippen molar-refractivity contribution in [3.05, 3.63) is 29.8 Å². The van der Waals surface area contributed by atoms with Crippen molar-refractivity contribution in [2.24, 2.45) is 5.92 Å². The summed E-state index contributed by atoms with van der Waals surface area (Å²) in [7, 11) is 0. The third kappa shape index (κ3) is 4.56. The number of benzene rings is 1. The minimum Gasteiger partial charge on any atom is -0.338 e. The summed E-state index contributed by atoms with van der Waals surface area (Å²) in [6.07, 6.45) is 2.37. The highest BCUT2D eigenvalue weighted by molar-refractivity contribution is 5.89. The third-order valence-corrected chi connectivity index (χ3v) is 3.59. The first-order valence-electron chi connectivity index (χ1n) is 6.98. The lowest BCUT2D eigenvalue weighted by molar-refractivity contribution is 0.246. The molecule has 1 aliphatic rings. The Balaban J connectivity index is 1.73. The predicted octanol–water partition coefficient (Wildman–Crippen LogP) is 2.50. The van der Waals surface area contributed by atoms with Crippen LogP contribution in [0.25, 0.3) is 0 Å². The number of rotatable bonds is 3. The molecule has 0 spiro atoms. The van der Waals surface area contributed by atoms with Crippen molar-refractivity contribution in [1.29, 1.82) is 0 Å². The van der Waals surface area contributed by atoms with Gasteiger partial charge in [0.1, 0.15) is 0 Å². The summed E-state index contributed by atoms with van der Waals surface area (Å²) in [6, 6.07) is 8.30. The molecule has 3 N–H and O–H groups in total. The second-order valence-corrected chi connectivity index (χ2v) is 5.46. The fraction of sp³-hybridized carbons (Fsp3) is 0.533. The van der Waals surface area contributed by atoms with Crippen LogP contribution in [0, 0.1) is 12.8 Å². The molecule has 4 heteroatoms. The standard InChI is InChI=1S/C15H23N3O/c1-11-4-3-5-14(8-11)18-15(19)17-10-13-7-6-12(2)16-9-13/h3-5,8,12-13,16H,6-7,9-10H2,1-2H3,(H2,17,18,19). The zero-order valence-corrected chi connectivity index (χ0v) is 11.7. The molecule has 0 saturated carbocycles. The van der Waals surface area contributed by atoms with E-state index in [4.69, 9.17) is 0 Å². The number of anilines is 1. The lowest BCUT2D eigenvalue weighted by Gasteiger charge is -2.27. The number of piperidine rings is 1. The van der Waals surface area contributed by atoms with Crippen LogP contribution in [0.4, 0.5) is 10.5 Å². The van der Waals surface area contributed by atoms with Crippen LogP contribution in [0.1, 0.15) is 25.3 Å². The van der Waals surface area contributed by atoms with Crippen molar-refractivity contribution >= 4 is 11.7 Å². The molecule has 0 radical (unpaired) electrons. The van der Waals surface area contributed by atoms with E-state index in [0.29, 0.717) is 12.0 Å². The number of hydrogen-bond donors (Lipinski definition) is 3. The molecule has 2 atom stereocenters. The van der Waals surface area contributed by atoms with Gasteiger partial charge in [-0.3, -0.25) is 0 Å². The topological polar surface area (TPSA) is 53.2 Å². The Hall–Kier alpha value is -1.55. The van der Waals surface area contributed by atoms with Crippen LogP contribution in [0.15, 0.2) is 24.3 Å². The summed E-state index contributed by atoms with van der Waals surface area (Å²) in [5.74, 6) is 0.541. The van der Waals surface area contributed by atoms with E-state index in [9.17, 15) is 4.79 Å². The first-order chi connectivity index (χ1) is 9.13. The number of hydrogen-bond acceptors (Lipinski definition) is 2. The molecule has 2 amide bonds. The number of carbonyl (C=O) groups is 1. The molecule has 2 rings (SSSR count). The highest BCUT2D eigenvalue weighted by Crippen LogP contribution is 2.13. The van der Waals surface area contributed by atoms with Gasteiger partial charge >= 0.3 is 6.03 Å². The maximum Gasteiger partial charge on any atom is 0.319 e. The van der Waals surface area contributed by atoms with E-state index in [-0.39, 0.29) is 6.03 Å². The van der Waals surface area contributed by atoms with Crippen molar-refractivity contribution < 1.29 is 4.79 Å². The van der Waals surface area contributed by atoms with Gasteiger partial charge in [-0.05, 0) is 56.8 Å². The average molecular weight is 261 g/mol. The van der Waals surface area contributed by atoms with Crippen LogP contribution in [-0.2, 0) is 0 Å². The van der Waals surface area contributed by atoms with Crippen LogP contribution in [0.3, 0.4) is 0 Å². The molecule has 1 saturated heterocycles. The van der Waals surface area contributed by atoms with E-state index in [0.717, 1.165) is 24.3 Å². The predicted molar refractivity (Wildman–Crippen MR) is 78.4 cm³/mol. The van der Waals surface area contributed by atoms with Crippen molar-refractivity contribution in [2.75, 3.05) is 18.4 Å². The van der Waals surface area contributed by atoms with Gasteiger partial charge in [0.15, 0.2) is 0 Å². The summed E-state index contributed by atoms with van der Waals surface area (Å²) in [5, 5.41) is 9.25. The van der Waals surface area contributed by atoms with Gasteiger partial charge in [0.25, 0.3) is 0 Å². The lowest BCUT2D eigenvalue weighted by atomic mass is 9.95. The van der Waals surface area contributed by atoms with Gasteiger partial charge in [0.2, 0.25) is 0 Å². The molecular formula is C15H23N3O. The monoisotopic (exact) mass is 261 g/mol. The molecule has 1 fully saturated rings. The summed E-state index contributed by atoms with van der Waals surface area (Å²) < 4.78 is 0. The van der Waals surface area contributed by atoms with E-state index in [2.05, 4.69) is 22.9 Å². The zero-order valence-electron chi connectivity index (χ0n) is 11.7. The van der Waals surface area contributed by atoms with Crippen LogP contribution < -0.4 is 16.0 Å². The van der Waals surface area contributed by atoms with Crippen molar-refractivity contribution in [3.63, 3.8) is 0 Å². The molecule has 0 aliphatic carbocycles. The molecule has 4 nitrogen and oxygen atoms in total. The minimum absolute atomic E-state index is 0.121. The maximum atomic E-state index is 11.8. The van der Waals surface area contributed by atoms with Crippen LogP contribution in [0.2, 0.25) is 0 Å². The van der Waals surface area contributed by atoms with E-state index < -0.39 is 0 Å². The summed E-state index contributed by atoms with van der Waals surface area (Å²) in [4.78, 5) is 11.8. The number of carbonyl (C=O) groups excluding carboxylic acids is 1. The normalized spacial score (nSPS) is 22.8. The van der Waals surface area contributed by atoms with Gasteiger partial charge < -0.3 is 16.0 Å².